The van der Waals surface area contributed by atoms with Crippen molar-refractivity contribution in [2.75, 3.05) is 41.5 Å². The molecule has 6 unspecified atom stereocenters. The molecule has 2 aromatic rings. The highest BCUT2D eigenvalue weighted by atomic mass is 16.6. The molecule has 2 aromatic carbocycles. The fourth-order valence-corrected chi connectivity index (χ4v) is 8.77. The maximum absolute atomic E-state index is 12.9. The van der Waals surface area contributed by atoms with Gasteiger partial charge in [-0.05, 0) is 85.8 Å². The summed E-state index contributed by atoms with van der Waals surface area (Å²) >= 11 is 0. The Morgan fingerprint density at radius 2 is 0.929 bits per heavy atom. The van der Waals surface area contributed by atoms with Crippen LogP contribution >= 0.6 is 0 Å². The molecule has 56 heavy (non-hydrogen) atoms. The van der Waals surface area contributed by atoms with E-state index in [0.29, 0.717) is 60.8 Å². The van der Waals surface area contributed by atoms with Crippen LogP contribution in [-0.4, -0.2) is 99.5 Å². The molecule has 0 spiro atoms. The number of carbonyl (C=O) groups is 4. The van der Waals surface area contributed by atoms with E-state index in [-0.39, 0.29) is 60.6 Å². The van der Waals surface area contributed by atoms with Crippen molar-refractivity contribution in [3.63, 3.8) is 0 Å². The molecule has 4 aliphatic rings. The number of likely N-dealkylation sites (tertiary alicyclic amines) is 2. The third kappa shape index (κ3) is 9.76. The minimum Gasteiger partial charge on any atom is -0.493 e. The molecule has 6 atom stereocenters. The van der Waals surface area contributed by atoms with Crippen LogP contribution < -0.4 is 28.4 Å². The Morgan fingerprint density at radius 1 is 0.571 bits per heavy atom. The number of esters is 4. The van der Waals surface area contributed by atoms with Crippen molar-refractivity contribution in [2.45, 2.75) is 103 Å². The average molecular weight is 779 g/mol. The van der Waals surface area contributed by atoms with Crippen molar-refractivity contribution in [2.24, 2.45) is 11.8 Å². The van der Waals surface area contributed by atoms with E-state index in [2.05, 4.69) is 9.80 Å². The first kappa shape index (κ1) is 40.8. The van der Waals surface area contributed by atoms with Gasteiger partial charge < -0.3 is 37.9 Å². The van der Waals surface area contributed by atoms with E-state index in [4.69, 9.17) is 37.9 Å². The number of hydrogen-bond acceptors (Lipinski definition) is 14. The Kier molecular flexibility index (Phi) is 13.4. The minimum absolute atomic E-state index is 0.227. The van der Waals surface area contributed by atoms with Gasteiger partial charge in [0.15, 0.2) is 23.0 Å². The van der Waals surface area contributed by atoms with Gasteiger partial charge in [-0.1, -0.05) is 13.8 Å². The molecular formula is C42H54N2O12. The highest BCUT2D eigenvalue weighted by Gasteiger charge is 2.42. The third-order valence-corrected chi connectivity index (χ3v) is 11.2. The first-order chi connectivity index (χ1) is 27.0. The van der Waals surface area contributed by atoms with Crippen molar-refractivity contribution in [3.05, 3.63) is 47.5 Å². The third-order valence-electron chi connectivity index (χ3n) is 11.2. The molecule has 2 aliphatic carbocycles. The number of benzene rings is 2. The van der Waals surface area contributed by atoms with Crippen molar-refractivity contribution >= 4 is 23.9 Å². The molecule has 0 aromatic heterocycles. The van der Waals surface area contributed by atoms with Crippen molar-refractivity contribution in [1.29, 1.82) is 0 Å². The summed E-state index contributed by atoms with van der Waals surface area (Å²) in [6.07, 6.45) is 7.24. The van der Waals surface area contributed by atoms with E-state index in [1.165, 1.54) is 40.6 Å². The SMILES string of the molecule is CCC(=O)Oc1c(OC)cc(CN2CC3CC(OC(=O)C=CC(=O)OC4CC5CC(C4)N(Cc4cc(OC)c(OC(=O)CC)c(OC)c4)C5)CC2C3)cc1OC. The lowest BCUT2D eigenvalue weighted by molar-refractivity contribution is -0.148. The maximum atomic E-state index is 12.9. The van der Waals surface area contributed by atoms with Crippen LogP contribution in [0.25, 0.3) is 0 Å². The molecule has 0 radical (unpaired) electrons. The van der Waals surface area contributed by atoms with Crippen molar-refractivity contribution in [3.8, 4) is 34.5 Å². The van der Waals surface area contributed by atoms with Crippen LogP contribution in [0.3, 0.4) is 0 Å². The summed E-state index contributed by atoms with van der Waals surface area (Å²) in [6.45, 7) is 6.45. The van der Waals surface area contributed by atoms with E-state index >= 15 is 0 Å². The predicted molar refractivity (Wildman–Crippen MR) is 203 cm³/mol. The first-order valence-electron chi connectivity index (χ1n) is 19.5. The minimum atomic E-state index is -0.553. The monoisotopic (exact) mass is 778 g/mol. The van der Waals surface area contributed by atoms with Gasteiger partial charge in [-0.15, -0.1) is 0 Å². The van der Waals surface area contributed by atoms with Gasteiger partial charge in [0.2, 0.25) is 11.5 Å². The molecular weight excluding hydrogens is 724 g/mol. The largest absolute Gasteiger partial charge is 0.493 e. The Balaban J connectivity index is 0.976. The van der Waals surface area contributed by atoms with Gasteiger partial charge in [0, 0.05) is 63.3 Å². The summed E-state index contributed by atoms with van der Waals surface area (Å²) in [4.78, 5) is 54.4. The number of nitrogens with zero attached hydrogens (tertiary/aromatic N) is 2. The Labute approximate surface area is 328 Å². The molecule has 2 saturated heterocycles. The van der Waals surface area contributed by atoms with Crippen LogP contribution in [0, 0.1) is 11.8 Å². The van der Waals surface area contributed by atoms with E-state index in [9.17, 15) is 19.2 Å². The highest BCUT2D eigenvalue weighted by Crippen LogP contribution is 2.43. The number of rotatable bonds is 16. The van der Waals surface area contributed by atoms with Crippen molar-refractivity contribution in [1.82, 2.24) is 9.80 Å². The summed E-state index contributed by atoms with van der Waals surface area (Å²) in [5.41, 5.74) is 1.92. The summed E-state index contributed by atoms with van der Waals surface area (Å²) in [5, 5.41) is 0. The van der Waals surface area contributed by atoms with Gasteiger partial charge >= 0.3 is 23.9 Å². The molecule has 0 amide bonds. The van der Waals surface area contributed by atoms with Gasteiger partial charge in [-0.3, -0.25) is 19.4 Å². The van der Waals surface area contributed by atoms with Crippen molar-refractivity contribution < 1.29 is 57.1 Å². The van der Waals surface area contributed by atoms with Crippen LogP contribution in [0.15, 0.2) is 36.4 Å². The average Bonchev–Trinajstić information content (AvgIpc) is 3.64. The number of carbonyl (C=O) groups excluding carboxylic acids is 4. The standard InChI is InChI=1S/C42H54N2O12/c1-7-37(45)55-41-33(49-3)15-27(16-34(41)50-4)23-43-21-25-11-29(43)19-31(13-25)53-39(47)9-10-40(48)54-32-14-26-12-30(20-32)44(22-26)24-28-17-35(51-5)42(36(18-28)52-6)56-38(46)8-2/h9-10,15-18,25-26,29-32H,7-8,11-14,19-24H2,1-6H3. The molecule has 2 heterocycles. The lowest BCUT2D eigenvalue weighted by Crippen LogP contribution is -2.34. The summed E-state index contributed by atoms with van der Waals surface area (Å²) in [6, 6.07) is 7.91. The highest BCUT2D eigenvalue weighted by molar-refractivity contribution is 5.91. The molecule has 6 rings (SSSR count). The summed E-state index contributed by atoms with van der Waals surface area (Å²) in [5.74, 6) is 1.14. The van der Waals surface area contributed by atoms with Gasteiger partial charge in [-0.25, -0.2) is 9.59 Å². The molecule has 2 aliphatic heterocycles. The van der Waals surface area contributed by atoms with Crippen LogP contribution in [0.2, 0.25) is 0 Å². The van der Waals surface area contributed by atoms with E-state index < -0.39 is 11.9 Å². The second kappa shape index (κ2) is 18.4. The first-order valence-corrected chi connectivity index (χ1v) is 19.5. The Hall–Kier alpha value is -4.82. The van der Waals surface area contributed by atoms with Crippen LogP contribution in [0.4, 0.5) is 0 Å². The lowest BCUT2D eigenvalue weighted by atomic mass is 9.88. The second-order valence-corrected chi connectivity index (χ2v) is 15.1. The predicted octanol–water partition coefficient (Wildman–Crippen LogP) is 5.40. The Morgan fingerprint density at radius 3 is 1.25 bits per heavy atom. The van der Waals surface area contributed by atoms with Crippen LogP contribution in [0.5, 0.6) is 34.5 Å². The Bertz CT molecular complexity index is 1620. The fraction of sp³-hybridized carbons (Fsp3) is 0.571. The number of methoxy groups -OCH3 is 4. The maximum Gasteiger partial charge on any atom is 0.331 e. The van der Waals surface area contributed by atoms with Gasteiger partial charge in [0.25, 0.3) is 0 Å². The topological polar surface area (TPSA) is 149 Å². The molecule has 4 bridgehead atoms. The fourth-order valence-electron chi connectivity index (χ4n) is 8.77. The van der Waals surface area contributed by atoms with E-state index in [1.54, 1.807) is 13.8 Å². The molecule has 4 fully saturated rings. The second-order valence-electron chi connectivity index (χ2n) is 15.1. The van der Waals surface area contributed by atoms with Crippen LogP contribution in [0.1, 0.15) is 76.3 Å². The van der Waals surface area contributed by atoms with E-state index in [1.807, 2.05) is 24.3 Å². The van der Waals surface area contributed by atoms with Gasteiger partial charge in [-0.2, -0.15) is 0 Å². The zero-order valence-corrected chi connectivity index (χ0v) is 33.2. The number of fused-ring (bicyclic) bond motifs is 4. The summed E-state index contributed by atoms with van der Waals surface area (Å²) in [7, 11) is 6.12. The summed E-state index contributed by atoms with van der Waals surface area (Å²) < 4.78 is 44.8. The zero-order valence-electron chi connectivity index (χ0n) is 33.2. The van der Waals surface area contributed by atoms with Gasteiger partial charge in [0.05, 0.1) is 28.4 Å². The van der Waals surface area contributed by atoms with E-state index in [0.717, 1.165) is 49.9 Å². The molecule has 14 nitrogen and oxygen atoms in total. The number of ether oxygens (including phenoxy) is 8. The normalized spacial score (nSPS) is 24.4. The molecule has 304 valence electrons. The molecule has 0 N–H and O–H groups in total. The molecule has 14 heteroatoms. The van der Waals surface area contributed by atoms with Gasteiger partial charge in [0.1, 0.15) is 12.2 Å². The lowest BCUT2D eigenvalue weighted by Gasteiger charge is -2.29. The van der Waals surface area contributed by atoms with Crippen LogP contribution in [-0.2, 0) is 41.7 Å². The zero-order chi connectivity index (χ0) is 39.9. The quantitative estimate of drug-likeness (QED) is 0.122. The smallest absolute Gasteiger partial charge is 0.331 e. The molecule has 2 saturated carbocycles. The number of hydrogen-bond donors (Lipinski definition) is 0.